The third-order valence-corrected chi connectivity index (χ3v) is 3.57. The molecule has 2 atom stereocenters. The van der Waals surface area contributed by atoms with E-state index in [1.165, 1.54) is 0 Å². The predicted molar refractivity (Wildman–Crippen MR) is 72.0 cm³/mol. The molecule has 4 nitrogen and oxygen atoms in total. The van der Waals surface area contributed by atoms with Gasteiger partial charge in [0.1, 0.15) is 0 Å². The van der Waals surface area contributed by atoms with Gasteiger partial charge in [-0.2, -0.15) is 0 Å². The smallest absolute Gasteiger partial charge is 0.237 e. The molecule has 1 heterocycles. The average Bonchev–Trinajstić information content (AvgIpc) is 2.87. The van der Waals surface area contributed by atoms with Gasteiger partial charge in [0.15, 0.2) is 0 Å². The lowest BCUT2D eigenvalue weighted by atomic mass is 10.1. The summed E-state index contributed by atoms with van der Waals surface area (Å²) in [6.07, 6.45) is 2.00. The number of nitrogens with two attached hydrogens (primary N) is 1. The quantitative estimate of drug-likeness (QED) is 0.831. The van der Waals surface area contributed by atoms with Crippen LogP contribution in [0.25, 0.3) is 0 Å². The lowest BCUT2D eigenvalue weighted by molar-refractivity contribution is -0.125. The van der Waals surface area contributed by atoms with E-state index < -0.39 is 0 Å². The van der Waals surface area contributed by atoms with Crippen molar-refractivity contribution in [1.82, 2.24) is 10.2 Å². The SMILES string of the molecule is CNC(=O)C1CCCN1CC(N)c1ccccc1. The largest absolute Gasteiger partial charge is 0.358 e. The molecule has 98 valence electrons. The van der Waals surface area contributed by atoms with Crippen LogP contribution in [0.2, 0.25) is 0 Å². The molecule has 18 heavy (non-hydrogen) atoms. The summed E-state index contributed by atoms with van der Waals surface area (Å²) < 4.78 is 0. The summed E-state index contributed by atoms with van der Waals surface area (Å²) >= 11 is 0. The molecule has 1 amide bonds. The number of amides is 1. The standard InChI is InChI=1S/C14H21N3O/c1-16-14(18)13-8-5-9-17(13)10-12(15)11-6-3-2-4-7-11/h2-4,6-7,12-13H,5,8-10,15H2,1H3,(H,16,18). The number of hydrogen-bond donors (Lipinski definition) is 2. The Balaban J connectivity index is 1.98. The zero-order valence-corrected chi connectivity index (χ0v) is 10.8. The Hall–Kier alpha value is -1.39. The molecule has 1 aliphatic heterocycles. The molecule has 4 heteroatoms. The number of rotatable bonds is 4. The van der Waals surface area contributed by atoms with Crippen molar-refractivity contribution in [2.45, 2.75) is 24.9 Å². The first-order valence-electron chi connectivity index (χ1n) is 6.48. The summed E-state index contributed by atoms with van der Waals surface area (Å²) in [5, 5.41) is 2.73. The average molecular weight is 247 g/mol. The van der Waals surface area contributed by atoms with E-state index in [0.717, 1.165) is 31.5 Å². The minimum Gasteiger partial charge on any atom is -0.358 e. The number of nitrogens with zero attached hydrogens (tertiary/aromatic N) is 1. The Bertz CT molecular complexity index is 393. The maximum absolute atomic E-state index is 11.7. The van der Waals surface area contributed by atoms with Crippen LogP contribution in [0.3, 0.4) is 0 Å². The first-order valence-corrected chi connectivity index (χ1v) is 6.48. The van der Waals surface area contributed by atoms with Gasteiger partial charge in [-0.15, -0.1) is 0 Å². The molecule has 1 saturated heterocycles. The van der Waals surface area contributed by atoms with Crippen molar-refractivity contribution >= 4 is 5.91 Å². The first-order chi connectivity index (χ1) is 8.72. The zero-order valence-electron chi connectivity index (χ0n) is 10.8. The molecule has 0 saturated carbocycles. The van der Waals surface area contributed by atoms with Crippen molar-refractivity contribution in [1.29, 1.82) is 0 Å². The maximum Gasteiger partial charge on any atom is 0.237 e. The fraction of sp³-hybridized carbons (Fsp3) is 0.500. The topological polar surface area (TPSA) is 58.4 Å². The molecule has 2 rings (SSSR count). The fourth-order valence-electron chi connectivity index (χ4n) is 2.57. The van der Waals surface area contributed by atoms with Crippen molar-refractivity contribution in [3.63, 3.8) is 0 Å². The number of benzene rings is 1. The Labute approximate surface area is 108 Å². The van der Waals surface area contributed by atoms with Crippen LogP contribution in [-0.2, 0) is 4.79 Å². The molecular formula is C14H21N3O. The van der Waals surface area contributed by atoms with Gasteiger partial charge in [0.25, 0.3) is 0 Å². The van der Waals surface area contributed by atoms with E-state index in [0.29, 0.717) is 0 Å². The highest BCUT2D eigenvalue weighted by Crippen LogP contribution is 2.20. The minimum atomic E-state index is -0.0311. The summed E-state index contributed by atoms with van der Waals surface area (Å²) in [7, 11) is 1.69. The molecule has 2 unspecified atom stereocenters. The van der Waals surface area contributed by atoms with Crippen molar-refractivity contribution in [3.8, 4) is 0 Å². The molecule has 0 bridgehead atoms. The third-order valence-electron chi connectivity index (χ3n) is 3.57. The van der Waals surface area contributed by atoms with Crippen LogP contribution in [0.1, 0.15) is 24.4 Å². The first kappa shape index (κ1) is 13.1. The van der Waals surface area contributed by atoms with Crippen LogP contribution in [-0.4, -0.2) is 37.0 Å². The molecule has 0 aromatic heterocycles. The number of likely N-dealkylation sites (tertiary alicyclic amines) is 1. The summed E-state index contributed by atoms with van der Waals surface area (Å²) in [4.78, 5) is 13.9. The number of hydrogen-bond acceptors (Lipinski definition) is 3. The van der Waals surface area contributed by atoms with Gasteiger partial charge in [0.05, 0.1) is 6.04 Å². The molecule has 1 aromatic rings. The number of likely N-dealkylation sites (N-methyl/N-ethyl adjacent to an activating group) is 1. The maximum atomic E-state index is 11.7. The van der Waals surface area contributed by atoms with Gasteiger partial charge in [0, 0.05) is 19.6 Å². The van der Waals surface area contributed by atoms with Gasteiger partial charge in [-0.25, -0.2) is 0 Å². The van der Waals surface area contributed by atoms with Crippen LogP contribution in [0, 0.1) is 0 Å². The highest BCUT2D eigenvalue weighted by atomic mass is 16.2. The number of nitrogens with one attached hydrogen (secondary N) is 1. The van der Waals surface area contributed by atoms with Crippen LogP contribution >= 0.6 is 0 Å². The molecular weight excluding hydrogens is 226 g/mol. The van der Waals surface area contributed by atoms with Gasteiger partial charge in [-0.3, -0.25) is 9.69 Å². The van der Waals surface area contributed by atoms with Gasteiger partial charge < -0.3 is 11.1 Å². The lowest BCUT2D eigenvalue weighted by Crippen LogP contribution is -2.44. The lowest BCUT2D eigenvalue weighted by Gasteiger charge is -2.26. The molecule has 0 spiro atoms. The summed E-state index contributed by atoms with van der Waals surface area (Å²) in [5.41, 5.74) is 7.33. The Morgan fingerprint density at radius 2 is 2.22 bits per heavy atom. The number of carbonyl (C=O) groups is 1. The van der Waals surface area contributed by atoms with Crippen molar-refractivity contribution in [3.05, 3.63) is 35.9 Å². The van der Waals surface area contributed by atoms with Crippen LogP contribution < -0.4 is 11.1 Å². The molecule has 0 radical (unpaired) electrons. The van der Waals surface area contributed by atoms with E-state index in [2.05, 4.69) is 10.2 Å². The highest BCUT2D eigenvalue weighted by Gasteiger charge is 2.30. The van der Waals surface area contributed by atoms with Gasteiger partial charge in [-0.05, 0) is 24.9 Å². The predicted octanol–water partition coefficient (Wildman–Crippen LogP) is 0.897. The van der Waals surface area contributed by atoms with Gasteiger partial charge in [-0.1, -0.05) is 30.3 Å². The van der Waals surface area contributed by atoms with E-state index >= 15 is 0 Å². The molecule has 1 aromatic carbocycles. The second-order valence-corrected chi connectivity index (χ2v) is 4.78. The third kappa shape index (κ3) is 2.89. The minimum absolute atomic E-state index is 0.00948. The van der Waals surface area contributed by atoms with Gasteiger partial charge in [0.2, 0.25) is 5.91 Å². The Morgan fingerprint density at radius 1 is 1.50 bits per heavy atom. The van der Waals surface area contributed by atoms with E-state index in [1.807, 2.05) is 30.3 Å². The van der Waals surface area contributed by atoms with Crippen LogP contribution in [0.5, 0.6) is 0 Å². The van der Waals surface area contributed by atoms with Crippen LogP contribution in [0.4, 0.5) is 0 Å². The van der Waals surface area contributed by atoms with E-state index in [9.17, 15) is 4.79 Å². The zero-order chi connectivity index (χ0) is 13.0. The normalized spacial score (nSPS) is 21.8. The van der Waals surface area contributed by atoms with Crippen molar-refractivity contribution < 1.29 is 4.79 Å². The van der Waals surface area contributed by atoms with Crippen molar-refractivity contribution in [2.75, 3.05) is 20.1 Å². The Morgan fingerprint density at radius 3 is 2.89 bits per heavy atom. The van der Waals surface area contributed by atoms with Crippen molar-refractivity contribution in [2.24, 2.45) is 5.73 Å². The molecule has 1 aliphatic rings. The Kier molecular flexibility index (Phi) is 4.33. The summed E-state index contributed by atoms with van der Waals surface area (Å²) in [6, 6.07) is 10.0. The van der Waals surface area contributed by atoms with Gasteiger partial charge >= 0.3 is 0 Å². The van der Waals surface area contributed by atoms with E-state index in [4.69, 9.17) is 5.73 Å². The second-order valence-electron chi connectivity index (χ2n) is 4.78. The molecule has 1 fully saturated rings. The molecule has 0 aliphatic carbocycles. The van der Waals surface area contributed by atoms with Crippen LogP contribution in [0.15, 0.2) is 30.3 Å². The second kappa shape index (κ2) is 5.98. The monoisotopic (exact) mass is 247 g/mol. The van der Waals surface area contributed by atoms with E-state index in [1.54, 1.807) is 7.05 Å². The highest BCUT2D eigenvalue weighted by molar-refractivity contribution is 5.81. The molecule has 3 N–H and O–H groups in total. The summed E-state index contributed by atoms with van der Waals surface area (Å²) in [6.45, 7) is 1.70. The number of carbonyl (C=O) groups excluding carboxylic acids is 1. The fourth-order valence-corrected chi connectivity index (χ4v) is 2.57. The van der Waals surface area contributed by atoms with E-state index in [-0.39, 0.29) is 18.0 Å². The summed E-state index contributed by atoms with van der Waals surface area (Å²) in [5.74, 6) is 0.104.